The summed E-state index contributed by atoms with van der Waals surface area (Å²) in [6.07, 6.45) is 4.36. The van der Waals surface area contributed by atoms with E-state index in [0.29, 0.717) is 0 Å². The predicted molar refractivity (Wildman–Crippen MR) is 66.7 cm³/mol. The number of benzene rings is 1. The summed E-state index contributed by atoms with van der Waals surface area (Å²) in [6, 6.07) is -2.71. The third-order valence-corrected chi connectivity index (χ3v) is 1.67. The van der Waals surface area contributed by atoms with Crippen LogP contribution in [0.5, 0.6) is 0 Å². The molecule has 18 heavy (non-hydrogen) atoms. The maximum absolute atomic E-state index is 11.0. The van der Waals surface area contributed by atoms with Crippen molar-refractivity contribution in [1.29, 1.82) is 0 Å². The zero-order valence-electron chi connectivity index (χ0n) is 12.2. The van der Waals surface area contributed by atoms with Crippen LogP contribution in [0.1, 0.15) is 11.0 Å². The molecule has 0 fully saturated rings. The van der Waals surface area contributed by atoms with Crippen molar-refractivity contribution >= 4 is 23.3 Å². The molecule has 0 aliphatic carbocycles. The lowest BCUT2D eigenvalue weighted by Crippen LogP contribution is -1.98. The summed E-state index contributed by atoms with van der Waals surface area (Å²) >= 11 is 0. The second-order valence-electron chi connectivity index (χ2n) is 2.88. The van der Waals surface area contributed by atoms with Crippen molar-refractivity contribution in [2.24, 2.45) is 5.10 Å². The second-order valence-corrected chi connectivity index (χ2v) is 2.88. The van der Waals surface area contributed by atoms with Gasteiger partial charge in [0.15, 0.2) is 0 Å². The maximum atomic E-state index is 11.0. The minimum absolute atomic E-state index is 0.540. The van der Waals surface area contributed by atoms with Crippen molar-refractivity contribution in [2.75, 3.05) is 5.43 Å². The van der Waals surface area contributed by atoms with Gasteiger partial charge in [-0.15, -0.1) is 0 Å². The molecule has 0 aliphatic rings. The molecule has 0 aliphatic heterocycles. The monoisotopic (exact) mass is 253 g/mol. The number of rotatable bonds is 5. The summed E-state index contributed by atoms with van der Waals surface area (Å²) in [7, 11) is 0. The molecule has 94 valence electrons. The summed E-state index contributed by atoms with van der Waals surface area (Å²) in [4.78, 5) is 19.6. The van der Waals surface area contributed by atoms with Crippen molar-refractivity contribution in [2.45, 2.75) is 6.92 Å². The molecule has 0 saturated carbocycles. The van der Waals surface area contributed by atoms with E-state index >= 15 is 0 Å². The largest absolute Gasteiger partial charge is 0.301 e. The summed E-state index contributed by atoms with van der Waals surface area (Å²) < 4.78 is 22.6. The van der Waals surface area contributed by atoms with Gasteiger partial charge >= 0.3 is 5.69 Å². The van der Waals surface area contributed by atoms with Crippen molar-refractivity contribution in [3.8, 4) is 0 Å². The van der Waals surface area contributed by atoms with E-state index in [1.807, 2.05) is 0 Å². The molecule has 1 aromatic rings. The lowest BCUT2D eigenvalue weighted by molar-refractivity contribution is -0.393. The van der Waals surface area contributed by atoms with E-state index in [-0.39, 0.29) is 0 Å². The van der Waals surface area contributed by atoms with Crippen molar-refractivity contribution in [3.63, 3.8) is 0 Å². The van der Waals surface area contributed by atoms with Crippen LogP contribution >= 0.6 is 0 Å². The standard InChI is InChI=1S/C10H10N4O4/c1-2-3-6-11-12-9-5-4-8(13(15)16)7-10(9)14(17)18/h2-7,12H,1H3/b3-2+,11-6+/i4D,5D,7D. The fourth-order valence-corrected chi connectivity index (χ4v) is 0.927. The Bertz CT molecular complexity index is 660. The third-order valence-electron chi connectivity index (χ3n) is 1.67. The van der Waals surface area contributed by atoms with Gasteiger partial charge in [-0.3, -0.25) is 25.7 Å². The van der Waals surface area contributed by atoms with Crippen LogP contribution in [0.4, 0.5) is 17.1 Å². The minimum atomic E-state index is -1.09. The van der Waals surface area contributed by atoms with Gasteiger partial charge in [0.2, 0.25) is 0 Å². The van der Waals surface area contributed by atoms with E-state index in [0.717, 1.165) is 0 Å². The fourth-order valence-electron chi connectivity index (χ4n) is 0.927. The Morgan fingerprint density at radius 1 is 1.39 bits per heavy atom. The highest BCUT2D eigenvalue weighted by atomic mass is 16.6. The van der Waals surface area contributed by atoms with Crippen LogP contribution in [-0.4, -0.2) is 16.1 Å². The first kappa shape index (κ1) is 9.28. The molecule has 0 heterocycles. The predicted octanol–water partition coefficient (Wildman–Crippen LogP) is 2.48. The summed E-state index contributed by atoms with van der Waals surface area (Å²) in [6.45, 7) is 1.71. The van der Waals surface area contributed by atoms with Gasteiger partial charge in [0.05, 0.1) is 20.0 Å². The Hall–Kier alpha value is -2.77. The Morgan fingerprint density at radius 3 is 2.67 bits per heavy atom. The number of hydrazone groups is 1. The van der Waals surface area contributed by atoms with E-state index in [9.17, 15) is 20.2 Å². The number of nitrogens with one attached hydrogen (secondary N) is 1. The molecule has 8 nitrogen and oxygen atoms in total. The highest BCUT2D eigenvalue weighted by Gasteiger charge is 2.18. The summed E-state index contributed by atoms with van der Waals surface area (Å²) in [5.74, 6) is 0. The average molecular weight is 253 g/mol. The quantitative estimate of drug-likeness (QED) is 0.492. The molecule has 0 aromatic heterocycles. The number of allylic oxidation sites excluding steroid dienone is 2. The van der Waals surface area contributed by atoms with Crippen molar-refractivity contribution < 1.29 is 14.0 Å². The van der Waals surface area contributed by atoms with Gasteiger partial charge in [0.1, 0.15) is 5.69 Å². The molecular formula is C10H10N4O4. The fraction of sp³-hybridized carbons (Fsp3) is 0.100. The van der Waals surface area contributed by atoms with Crippen molar-refractivity contribution in [3.05, 3.63) is 50.5 Å². The molecule has 8 heteroatoms. The van der Waals surface area contributed by atoms with Crippen LogP contribution in [0.3, 0.4) is 0 Å². The van der Waals surface area contributed by atoms with Gasteiger partial charge < -0.3 is 0 Å². The first-order valence-corrected chi connectivity index (χ1v) is 4.65. The van der Waals surface area contributed by atoms with Crippen LogP contribution in [0.2, 0.25) is 0 Å². The number of nitro groups is 2. The maximum Gasteiger partial charge on any atom is 0.301 e. The highest BCUT2D eigenvalue weighted by Crippen LogP contribution is 2.28. The minimum Gasteiger partial charge on any atom is -0.272 e. The molecule has 0 atom stereocenters. The molecule has 0 amide bonds. The molecule has 1 aromatic carbocycles. The first-order chi connectivity index (χ1) is 9.82. The normalized spacial score (nSPS) is 13.3. The lowest BCUT2D eigenvalue weighted by atomic mass is 10.2. The molecule has 0 spiro atoms. The molecular weight excluding hydrogens is 240 g/mol. The van der Waals surface area contributed by atoms with Gasteiger partial charge in [-0.1, -0.05) is 6.08 Å². The molecule has 0 radical (unpaired) electrons. The number of hydrogen-bond donors (Lipinski definition) is 1. The average Bonchev–Trinajstić information content (AvgIpc) is 2.39. The Labute approximate surface area is 106 Å². The zero-order valence-corrected chi connectivity index (χ0v) is 9.21. The lowest BCUT2D eigenvalue weighted by Gasteiger charge is -2.01. The Balaban J connectivity index is 3.56. The van der Waals surface area contributed by atoms with Crippen molar-refractivity contribution in [1.82, 2.24) is 0 Å². The smallest absolute Gasteiger partial charge is 0.272 e. The number of hydrogen-bond acceptors (Lipinski definition) is 6. The molecule has 1 N–H and O–H groups in total. The van der Waals surface area contributed by atoms with Gasteiger partial charge in [0, 0.05) is 12.3 Å². The summed E-state index contributed by atoms with van der Waals surface area (Å²) in [5.41, 5.74) is -0.429. The second kappa shape index (κ2) is 6.09. The third kappa shape index (κ3) is 3.37. The van der Waals surface area contributed by atoms with Gasteiger partial charge in [-0.25, -0.2) is 0 Å². The number of nitro benzene ring substituents is 2. The van der Waals surface area contributed by atoms with E-state index in [2.05, 4.69) is 10.5 Å². The first-order valence-electron chi connectivity index (χ1n) is 6.15. The Morgan fingerprint density at radius 2 is 2.11 bits per heavy atom. The van der Waals surface area contributed by atoms with E-state index in [1.54, 1.807) is 13.0 Å². The van der Waals surface area contributed by atoms with Crippen LogP contribution in [0.25, 0.3) is 0 Å². The Kier molecular flexibility index (Phi) is 3.14. The van der Waals surface area contributed by atoms with Crippen LogP contribution < -0.4 is 5.43 Å². The van der Waals surface area contributed by atoms with Gasteiger partial charge in [0.25, 0.3) is 5.69 Å². The molecule has 0 unspecified atom stereocenters. The molecule has 0 bridgehead atoms. The van der Waals surface area contributed by atoms with Crippen LogP contribution in [0.15, 0.2) is 35.4 Å². The van der Waals surface area contributed by atoms with Gasteiger partial charge in [-0.2, -0.15) is 5.10 Å². The van der Waals surface area contributed by atoms with Crippen LogP contribution in [-0.2, 0) is 0 Å². The number of nitrogens with zero attached hydrogens (tertiary/aromatic N) is 3. The van der Waals surface area contributed by atoms with E-state index in [1.165, 1.54) is 12.3 Å². The van der Waals surface area contributed by atoms with Gasteiger partial charge in [-0.05, 0) is 19.0 Å². The molecule has 1 rings (SSSR count). The highest BCUT2D eigenvalue weighted by molar-refractivity contribution is 5.73. The summed E-state index contributed by atoms with van der Waals surface area (Å²) in [5, 5.41) is 25.3. The zero-order chi connectivity index (χ0) is 16.2. The van der Waals surface area contributed by atoms with E-state index in [4.69, 9.17) is 4.11 Å². The number of anilines is 1. The molecule has 0 saturated heterocycles. The van der Waals surface area contributed by atoms with E-state index < -0.39 is 45.0 Å². The van der Waals surface area contributed by atoms with Crippen LogP contribution in [0, 0.1) is 20.2 Å². The SMILES string of the molecule is [2H]c1c([2H])c([N+](=O)[O-])c([2H])c([N+](=O)[O-])c1N/N=C/C=C/C. The topological polar surface area (TPSA) is 111 Å².